The van der Waals surface area contributed by atoms with Gasteiger partial charge in [0.1, 0.15) is 0 Å². The van der Waals surface area contributed by atoms with Crippen molar-refractivity contribution in [3.63, 3.8) is 0 Å². The molecule has 0 aromatic heterocycles. The number of hydrogen-bond donors (Lipinski definition) is 0. The summed E-state index contributed by atoms with van der Waals surface area (Å²) in [5, 5.41) is 0.891. The summed E-state index contributed by atoms with van der Waals surface area (Å²) in [5.41, 5.74) is 0. The quantitative estimate of drug-likeness (QED) is 0.685. The van der Waals surface area contributed by atoms with Crippen molar-refractivity contribution in [2.75, 3.05) is 11.9 Å². The van der Waals surface area contributed by atoms with Gasteiger partial charge in [0.05, 0.1) is 0 Å². The minimum atomic E-state index is 0.319. The van der Waals surface area contributed by atoms with Crippen LogP contribution in [-0.4, -0.2) is 28.7 Å². The molecule has 0 aromatic carbocycles. The summed E-state index contributed by atoms with van der Waals surface area (Å²) in [7, 11) is 0. The van der Waals surface area contributed by atoms with Crippen LogP contribution < -0.4 is 0 Å². The molecule has 1 aliphatic rings. The van der Waals surface area contributed by atoms with Crippen LogP contribution in [0.1, 0.15) is 52.4 Å². The van der Waals surface area contributed by atoms with Gasteiger partial charge in [-0.15, -0.1) is 0 Å². The largest absolute Gasteiger partial charge is 0.339 e. The standard InChI is InChI=1S/C13H24BrNO/c1-3-12(4-2)15(10-9-14)13(16)11-7-5-6-8-11/h11-12H,3-10H2,1-2H3. The molecule has 1 saturated carbocycles. The first-order chi connectivity index (χ1) is 7.74. The number of carbonyl (C=O) groups is 1. The van der Waals surface area contributed by atoms with Crippen LogP contribution in [0.4, 0.5) is 0 Å². The SMILES string of the molecule is CCC(CC)N(CCBr)C(=O)C1CCCC1. The number of rotatable bonds is 6. The second-order valence-corrected chi connectivity index (χ2v) is 5.47. The van der Waals surface area contributed by atoms with Crippen molar-refractivity contribution in [1.29, 1.82) is 0 Å². The molecule has 16 heavy (non-hydrogen) atoms. The summed E-state index contributed by atoms with van der Waals surface area (Å²) < 4.78 is 0. The molecule has 0 aliphatic heterocycles. The summed E-state index contributed by atoms with van der Waals surface area (Å²) in [4.78, 5) is 14.5. The molecule has 0 spiro atoms. The molecule has 0 saturated heterocycles. The van der Waals surface area contributed by atoms with E-state index in [1.54, 1.807) is 0 Å². The third-order valence-corrected chi connectivity index (χ3v) is 4.05. The van der Waals surface area contributed by atoms with E-state index in [2.05, 4.69) is 34.7 Å². The Hall–Kier alpha value is -0.0500. The molecule has 0 N–H and O–H groups in total. The molecule has 0 unspecified atom stereocenters. The molecule has 94 valence electrons. The van der Waals surface area contributed by atoms with E-state index in [1.165, 1.54) is 12.8 Å². The maximum absolute atomic E-state index is 12.4. The van der Waals surface area contributed by atoms with Crippen LogP contribution in [0.15, 0.2) is 0 Å². The van der Waals surface area contributed by atoms with Crippen LogP contribution in [0.3, 0.4) is 0 Å². The highest BCUT2D eigenvalue weighted by atomic mass is 79.9. The summed E-state index contributed by atoms with van der Waals surface area (Å²) in [6, 6.07) is 0.436. The first kappa shape index (κ1) is 14.0. The predicted octanol–water partition coefficient (Wildman–Crippen LogP) is 3.59. The lowest BCUT2D eigenvalue weighted by atomic mass is 10.0. The van der Waals surface area contributed by atoms with Gasteiger partial charge < -0.3 is 4.90 Å². The van der Waals surface area contributed by atoms with Crippen LogP contribution in [0, 0.1) is 5.92 Å². The van der Waals surface area contributed by atoms with Crippen LogP contribution in [-0.2, 0) is 4.79 Å². The van der Waals surface area contributed by atoms with Gasteiger partial charge in [0, 0.05) is 23.8 Å². The van der Waals surface area contributed by atoms with E-state index < -0.39 is 0 Å². The molecule has 1 rings (SSSR count). The highest BCUT2D eigenvalue weighted by Crippen LogP contribution is 2.28. The number of hydrogen-bond acceptors (Lipinski definition) is 1. The van der Waals surface area contributed by atoms with E-state index in [-0.39, 0.29) is 0 Å². The highest BCUT2D eigenvalue weighted by Gasteiger charge is 2.29. The Labute approximate surface area is 108 Å². The fraction of sp³-hybridized carbons (Fsp3) is 0.923. The Morgan fingerprint density at radius 1 is 1.31 bits per heavy atom. The molecule has 1 fully saturated rings. The number of carbonyl (C=O) groups excluding carboxylic acids is 1. The van der Waals surface area contributed by atoms with E-state index in [9.17, 15) is 4.79 Å². The number of nitrogens with zero attached hydrogens (tertiary/aromatic N) is 1. The van der Waals surface area contributed by atoms with Gasteiger partial charge in [-0.1, -0.05) is 42.6 Å². The zero-order chi connectivity index (χ0) is 12.0. The number of amides is 1. The van der Waals surface area contributed by atoms with Crippen molar-refractivity contribution in [1.82, 2.24) is 4.90 Å². The molecule has 2 nitrogen and oxygen atoms in total. The van der Waals surface area contributed by atoms with Crippen molar-refractivity contribution in [3.05, 3.63) is 0 Å². The van der Waals surface area contributed by atoms with Crippen molar-refractivity contribution in [3.8, 4) is 0 Å². The molecular formula is C13H24BrNO. The van der Waals surface area contributed by atoms with E-state index in [0.717, 1.165) is 37.6 Å². The first-order valence-corrected chi connectivity index (χ1v) is 7.73. The predicted molar refractivity (Wildman–Crippen MR) is 71.8 cm³/mol. The van der Waals surface area contributed by atoms with Crippen LogP contribution in [0.25, 0.3) is 0 Å². The summed E-state index contributed by atoms with van der Waals surface area (Å²) in [6.07, 6.45) is 6.84. The van der Waals surface area contributed by atoms with Gasteiger partial charge in [-0.25, -0.2) is 0 Å². The van der Waals surface area contributed by atoms with Crippen LogP contribution >= 0.6 is 15.9 Å². The Morgan fingerprint density at radius 2 is 1.88 bits per heavy atom. The van der Waals surface area contributed by atoms with Crippen LogP contribution in [0.5, 0.6) is 0 Å². The van der Waals surface area contributed by atoms with E-state index in [1.807, 2.05) is 0 Å². The molecule has 1 amide bonds. The van der Waals surface area contributed by atoms with E-state index in [4.69, 9.17) is 0 Å². The van der Waals surface area contributed by atoms with Crippen molar-refractivity contribution in [2.45, 2.75) is 58.4 Å². The second-order valence-electron chi connectivity index (χ2n) is 4.67. The molecular weight excluding hydrogens is 266 g/mol. The minimum Gasteiger partial charge on any atom is -0.339 e. The summed E-state index contributed by atoms with van der Waals surface area (Å²) >= 11 is 3.46. The average molecular weight is 290 g/mol. The third-order valence-electron chi connectivity index (χ3n) is 3.70. The third kappa shape index (κ3) is 3.47. The molecule has 0 heterocycles. The maximum atomic E-state index is 12.4. The van der Waals surface area contributed by atoms with E-state index >= 15 is 0 Å². The Balaban J connectivity index is 2.63. The van der Waals surface area contributed by atoms with Gasteiger partial charge in [-0.3, -0.25) is 4.79 Å². The number of halogens is 1. The monoisotopic (exact) mass is 289 g/mol. The fourth-order valence-electron chi connectivity index (χ4n) is 2.70. The summed E-state index contributed by atoms with van der Waals surface area (Å²) in [6.45, 7) is 5.22. The zero-order valence-corrected chi connectivity index (χ0v) is 12.1. The Bertz CT molecular complexity index is 210. The number of alkyl halides is 1. The fourth-order valence-corrected chi connectivity index (χ4v) is 3.08. The van der Waals surface area contributed by atoms with E-state index in [0.29, 0.717) is 17.9 Å². The molecule has 1 aliphatic carbocycles. The average Bonchev–Trinajstić information content (AvgIpc) is 2.82. The van der Waals surface area contributed by atoms with Crippen molar-refractivity contribution in [2.24, 2.45) is 5.92 Å². The molecule has 3 heteroatoms. The summed E-state index contributed by atoms with van der Waals surface area (Å²) in [5.74, 6) is 0.727. The lowest BCUT2D eigenvalue weighted by Crippen LogP contribution is -2.43. The van der Waals surface area contributed by atoms with Crippen molar-refractivity contribution >= 4 is 21.8 Å². The minimum absolute atomic E-state index is 0.319. The molecule has 0 aromatic rings. The second kappa shape index (κ2) is 7.31. The smallest absolute Gasteiger partial charge is 0.225 e. The molecule has 0 bridgehead atoms. The van der Waals surface area contributed by atoms with Gasteiger partial charge in [0.25, 0.3) is 0 Å². The van der Waals surface area contributed by atoms with Crippen molar-refractivity contribution < 1.29 is 4.79 Å². The molecule has 0 atom stereocenters. The van der Waals surface area contributed by atoms with Gasteiger partial charge >= 0.3 is 0 Å². The molecule has 0 radical (unpaired) electrons. The lowest BCUT2D eigenvalue weighted by molar-refractivity contribution is -0.137. The normalized spacial score (nSPS) is 17.0. The van der Waals surface area contributed by atoms with Gasteiger partial charge in [0.15, 0.2) is 0 Å². The topological polar surface area (TPSA) is 20.3 Å². The van der Waals surface area contributed by atoms with Gasteiger partial charge in [-0.05, 0) is 25.7 Å². The Morgan fingerprint density at radius 3 is 2.31 bits per heavy atom. The van der Waals surface area contributed by atoms with Gasteiger partial charge in [0.2, 0.25) is 5.91 Å². The van der Waals surface area contributed by atoms with Crippen LogP contribution in [0.2, 0.25) is 0 Å². The maximum Gasteiger partial charge on any atom is 0.225 e. The first-order valence-electron chi connectivity index (χ1n) is 6.61. The highest BCUT2D eigenvalue weighted by molar-refractivity contribution is 9.09. The van der Waals surface area contributed by atoms with Gasteiger partial charge in [-0.2, -0.15) is 0 Å². The zero-order valence-electron chi connectivity index (χ0n) is 10.5. The lowest BCUT2D eigenvalue weighted by Gasteiger charge is -2.32. The Kier molecular flexibility index (Phi) is 6.40.